The largest absolute Gasteiger partial charge is 0.334 e. The van der Waals surface area contributed by atoms with Gasteiger partial charge < -0.3 is 10.2 Å². The van der Waals surface area contributed by atoms with Crippen molar-refractivity contribution in [2.75, 3.05) is 25.0 Å². The summed E-state index contributed by atoms with van der Waals surface area (Å²) in [5.41, 5.74) is 6.83. The third kappa shape index (κ3) is 4.16. The van der Waals surface area contributed by atoms with Gasteiger partial charge in [0.15, 0.2) is 0 Å². The van der Waals surface area contributed by atoms with E-state index in [2.05, 4.69) is 23.1 Å². The maximum absolute atomic E-state index is 13.2. The van der Waals surface area contributed by atoms with E-state index in [0.29, 0.717) is 36.7 Å². The molecule has 7 heteroatoms. The normalized spacial score (nSPS) is 26.5. The van der Waals surface area contributed by atoms with Gasteiger partial charge in [-0.25, -0.2) is 4.39 Å². The number of hydrogen-bond donors (Lipinski definition) is 3. The Balaban J connectivity index is 1.60. The van der Waals surface area contributed by atoms with Crippen molar-refractivity contribution >= 4 is 17.5 Å². The molecular weight excluding hydrogens is 323 g/mol. The number of carbonyl (C=O) groups excluding carboxylic acids is 2. The lowest BCUT2D eigenvalue weighted by Gasteiger charge is -2.36. The first-order valence-corrected chi connectivity index (χ1v) is 8.92. The van der Waals surface area contributed by atoms with E-state index in [4.69, 9.17) is 0 Å². The highest BCUT2D eigenvalue weighted by atomic mass is 19.1. The Kier molecular flexibility index (Phi) is 5.65. The van der Waals surface area contributed by atoms with Crippen molar-refractivity contribution in [1.29, 1.82) is 0 Å². The number of amides is 2. The van der Waals surface area contributed by atoms with Crippen molar-refractivity contribution in [3.8, 4) is 0 Å². The van der Waals surface area contributed by atoms with Crippen LogP contribution in [0.15, 0.2) is 24.3 Å². The Morgan fingerprint density at radius 1 is 1.40 bits per heavy atom. The highest BCUT2D eigenvalue weighted by Gasteiger charge is 2.37. The van der Waals surface area contributed by atoms with Crippen LogP contribution in [0.25, 0.3) is 0 Å². The quantitative estimate of drug-likeness (QED) is 0.724. The zero-order valence-electron chi connectivity index (χ0n) is 14.4. The molecule has 1 aromatic rings. The van der Waals surface area contributed by atoms with E-state index < -0.39 is 17.6 Å². The number of hydrogen-bond acceptors (Lipinski definition) is 4. The second-order valence-electron chi connectivity index (χ2n) is 6.84. The second kappa shape index (κ2) is 7.93. The number of piperidine rings is 1. The van der Waals surface area contributed by atoms with Crippen LogP contribution in [-0.4, -0.2) is 42.4 Å². The van der Waals surface area contributed by atoms with Crippen LogP contribution >= 0.6 is 0 Å². The first kappa shape index (κ1) is 17.8. The number of rotatable bonds is 3. The molecule has 2 saturated heterocycles. The van der Waals surface area contributed by atoms with E-state index >= 15 is 0 Å². The van der Waals surface area contributed by atoms with Crippen LogP contribution < -0.4 is 16.2 Å². The molecular formula is C18H25FN4O2. The van der Waals surface area contributed by atoms with Crippen LogP contribution in [0.1, 0.15) is 26.2 Å². The Morgan fingerprint density at radius 2 is 2.24 bits per heavy atom. The Morgan fingerprint density at radius 3 is 3.00 bits per heavy atom. The number of hydrazine groups is 1. The maximum atomic E-state index is 13.2. The van der Waals surface area contributed by atoms with Crippen molar-refractivity contribution in [3.05, 3.63) is 30.1 Å². The highest BCUT2D eigenvalue weighted by Crippen LogP contribution is 2.27. The number of nitrogens with zero attached hydrogens (tertiary/aromatic N) is 1. The van der Waals surface area contributed by atoms with E-state index in [0.717, 1.165) is 25.8 Å². The van der Waals surface area contributed by atoms with Crippen LogP contribution in [0.5, 0.6) is 0 Å². The Hall–Kier alpha value is -1.99. The fraction of sp³-hybridized carbons (Fsp3) is 0.556. The van der Waals surface area contributed by atoms with E-state index in [1.165, 1.54) is 18.2 Å². The van der Waals surface area contributed by atoms with Gasteiger partial charge in [-0.3, -0.25) is 20.4 Å². The summed E-state index contributed by atoms with van der Waals surface area (Å²) in [4.78, 5) is 26.3. The number of likely N-dealkylation sites (tertiary alicyclic amines) is 1. The predicted molar refractivity (Wildman–Crippen MR) is 93.0 cm³/mol. The summed E-state index contributed by atoms with van der Waals surface area (Å²) in [6, 6.07) is 5.87. The second-order valence-corrected chi connectivity index (χ2v) is 6.84. The summed E-state index contributed by atoms with van der Waals surface area (Å²) in [7, 11) is 0. The summed E-state index contributed by atoms with van der Waals surface area (Å²) in [6.07, 6.45) is 3.01. The molecule has 2 fully saturated rings. The molecule has 2 heterocycles. The number of benzene rings is 1. The smallest absolute Gasteiger partial charge is 0.313 e. The molecule has 0 saturated carbocycles. The summed E-state index contributed by atoms with van der Waals surface area (Å²) >= 11 is 0. The summed E-state index contributed by atoms with van der Waals surface area (Å²) in [6.45, 7) is 4.27. The number of carbonyl (C=O) groups is 2. The molecule has 0 aromatic heterocycles. The first-order valence-electron chi connectivity index (χ1n) is 8.92. The zero-order chi connectivity index (χ0) is 17.8. The van der Waals surface area contributed by atoms with Gasteiger partial charge in [-0.15, -0.1) is 0 Å². The van der Waals surface area contributed by atoms with Crippen molar-refractivity contribution in [1.82, 2.24) is 15.8 Å². The van der Waals surface area contributed by atoms with Gasteiger partial charge in [0, 0.05) is 31.4 Å². The van der Waals surface area contributed by atoms with Gasteiger partial charge in [0.2, 0.25) is 0 Å². The molecule has 2 amide bonds. The SMILES string of the molecule is CCC1CNNC1C1CCCN(C(=O)C(=O)Nc2cccc(F)c2)C1. The molecule has 0 radical (unpaired) electrons. The summed E-state index contributed by atoms with van der Waals surface area (Å²) in [5, 5.41) is 2.49. The van der Waals surface area contributed by atoms with Gasteiger partial charge in [0.05, 0.1) is 0 Å². The molecule has 3 rings (SSSR count). The van der Waals surface area contributed by atoms with Crippen molar-refractivity contribution < 1.29 is 14.0 Å². The first-order chi connectivity index (χ1) is 12.1. The van der Waals surface area contributed by atoms with Crippen LogP contribution in [0, 0.1) is 17.7 Å². The minimum atomic E-state index is -0.712. The molecule has 2 aliphatic rings. The molecule has 25 heavy (non-hydrogen) atoms. The molecule has 1 aromatic carbocycles. The van der Waals surface area contributed by atoms with Gasteiger partial charge >= 0.3 is 11.8 Å². The minimum Gasteiger partial charge on any atom is -0.334 e. The monoisotopic (exact) mass is 348 g/mol. The molecule has 3 atom stereocenters. The summed E-state index contributed by atoms with van der Waals surface area (Å²) < 4.78 is 13.2. The van der Waals surface area contributed by atoms with E-state index in [9.17, 15) is 14.0 Å². The number of nitrogens with one attached hydrogen (secondary N) is 3. The molecule has 6 nitrogen and oxygen atoms in total. The lowest BCUT2D eigenvalue weighted by atomic mass is 9.83. The zero-order valence-corrected chi connectivity index (χ0v) is 14.4. The minimum absolute atomic E-state index is 0.291. The molecule has 136 valence electrons. The van der Waals surface area contributed by atoms with Crippen LogP contribution in [-0.2, 0) is 9.59 Å². The van der Waals surface area contributed by atoms with Gasteiger partial charge in [-0.1, -0.05) is 19.4 Å². The van der Waals surface area contributed by atoms with Crippen molar-refractivity contribution in [3.63, 3.8) is 0 Å². The average Bonchev–Trinajstić information content (AvgIpc) is 3.10. The van der Waals surface area contributed by atoms with E-state index in [1.54, 1.807) is 11.0 Å². The molecule has 3 N–H and O–H groups in total. The lowest BCUT2D eigenvalue weighted by molar-refractivity contribution is -0.144. The van der Waals surface area contributed by atoms with E-state index in [-0.39, 0.29) is 0 Å². The fourth-order valence-electron chi connectivity index (χ4n) is 3.84. The Labute approximate surface area is 147 Å². The highest BCUT2D eigenvalue weighted by molar-refractivity contribution is 6.39. The molecule has 3 unspecified atom stereocenters. The van der Waals surface area contributed by atoms with Gasteiger partial charge in [-0.2, -0.15) is 0 Å². The average molecular weight is 348 g/mol. The van der Waals surface area contributed by atoms with Gasteiger partial charge in [0.25, 0.3) is 0 Å². The topological polar surface area (TPSA) is 73.5 Å². The standard InChI is InChI=1S/C18H25FN4O2/c1-2-12-10-20-22-16(12)13-5-4-8-23(11-13)18(25)17(24)21-15-7-3-6-14(19)9-15/h3,6-7,9,12-13,16,20,22H,2,4-5,8,10-11H2,1H3,(H,21,24). The lowest BCUT2D eigenvalue weighted by Crippen LogP contribution is -2.50. The third-order valence-electron chi connectivity index (χ3n) is 5.19. The predicted octanol–water partition coefficient (Wildman–Crippen LogP) is 1.51. The molecule has 0 spiro atoms. The van der Waals surface area contributed by atoms with Crippen molar-refractivity contribution in [2.24, 2.45) is 11.8 Å². The van der Waals surface area contributed by atoms with Crippen LogP contribution in [0.4, 0.5) is 10.1 Å². The van der Waals surface area contributed by atoms with E-state index in [1.807, 2.05) is 0 Å². The van der Waals surface area contributed by atoms with Gasteiger partial charge in [-0.05, 0) is 42.9 Å². The molecule has 0 aliphatic carbocycles. The third-order valence-corrected chi connectivity index (χ3v) is 5.19. The van der Waals surface area contributed by atoms with Crippen LogP contribution in [0.3, 0.4) is 0 Å². The Bertz CT molecular complexity index is 639. The van der Waals surface area contributed by atoms with Crippen LogP contribution in [0.2, 0.25) is 0 Å². The van der Waals surface area contributed by atoms with Crippen molar-refractivity contribution in [2.45, 2.75) is 32.2 Å². The molecule has 0 bridgehead atoms. The number of anilines is 1. The van der Waals surface area contributed by atoms with Gasteiger partial charge in [0.1, 0.15) is 5.82 Å². The molecule has 2 aliphatic heterocycles. The summed E-state index contributed by atoms with van der Waals surface area (Å²) in [5.74, 6) is -0.835. The maximum Gasteiger partial charge on any atom is 0.313 e. The fourth-order valence-corrected chi connectivity index (χ4v) is 3.84. The number of halogens is 1.